The molecule has 2 rings (SSSR count). The standard InChI is InChI=1S/C16H17Br2NO4S/c1-3-23-14-6-4-11(8-15(14)22-2)10-19-24(20,21)16-7-5-12(17)9-13(16)18/h4-9,19H,3,10H2,1-2H3. The third-order valence-electron chi connectivity index (χ3n) is 3.18. The van der Waals surface area contributed by atoms with Gasteiger partial charge in [0.05, 0.1) is 18.6 Å². The summed E-state index contributed by atoms with van der Waals surface area (Å²) in [5.74, 6) is 1.20. The Hall–Kier alpha value is -1.09. The zero-order valence-corrected chi connectivity index (χ0v) is 17.2. The molecule has 0 saturated heterocycles. The van der Waals surface area contributed by atoms with Gasteiger partial charge in [0.1, 0.15) is 0 Å². The fourth-order valence-corrected chi connectivity index (χ4v) is 4.81. The summed E-state index contributed by atoms with van der Waals surface area (Å²) in [7, 11) is -2.09. The molecular formula is C16H17Br2NO4S. The lowest BCUT2D eigenvalue weighted by molar-refractivity contribution is 0.310. The number of hydrogen-bond donors (Lipinski definition) is 1. The van der Waals surface area contributed by atoms with Crippen LogP contribution in [0.4, 0.5) is 0 Å². The van der Waals surface area contributed by atoms with Crippen molar-refractivity contribution in [3.05, 3.63) is 50.9 Å². The molecule has 0 heterocycles. The monoisotopic (exact) mass is 477 g/mol. The molecular weight excluding hydrogens is 462 g/mol. The summed E-state index contributed by atoms with van der Waals surface area (Å²) in [4.78, 5) is 0.184. The van der Waals surface area contributed by atoms with Crippen LogP contribution in [0.25, 0.3) is 0 Å². The Balaban J connectivity index is 2.17. The molecule has 0 fully saturated rings. The summed E-state index contributed by atoms with van der Waals surface area (Å²) in [6.07, 6.45) is 0. The first kappa shape index (κ1) is 19.2. The van der Waals surface area contributed by atoms with E-state index < -0.39 is 10.0 Å². The molecule has 8 heteroatoms. The number of halogens is 2. The molecule has 0 unspecified atom stereocenters. The highest BCUT2D eigenvalue weighted by Gasteiger charge is 2.17. The van der Waals surface area contributed by atoms with Crippen molar-refractivity contribution in [1.82, 2.24) is 4.72 Å². The van der Waals surface area contributed by atoms with E-state index in [1.54, 1.807) is 37.4 Å². The highest BCUT2D eigenvalue weighted by molar-refractivity contribution is 9.11. The van der Waals surface area contributed by atoms with Crippen molar-refractivity contribution in [1.29, 1.82) is 0 Å². The van der Waals surface area contributed by atoms with Gasteiger partial charge in [0, 0.05) is 15.5 Å². The van der Waals surface area contributed by atoms with Gasteiger partial charge in [-0.3, -0.25) is 0 Å². The number of benzene rings is 2. The van der Waals surface area contributed by atoms with Crippen molar-refractivity contribution >= 4 is 41.9 Å². The molecule has 130 valence electrons. The van der Waals surface area contributed by atoms with Gasteiger partial charge in [0.2, 0.25) is 10.0 Å². The molecule has 5 nitrogen and oxygen atoms in total. The van der Waals surface area contributed by atoms with Crippen LogP contribution in [0.3, 0.4) is 0 Å². The minimum absolute atomic E-state index is 0.146. The van der Waals surface area contributed by atoms with Gasteiger partial charge >= 0.3 is 0 Å². The van der Waals surface area contributed by atoms with Crippen LogP contribution in [0.2, 0.25) is 0 Å². The first-order valence-electron chi connectivity index (χ1n) is 7.11. The van der Waals surface area contributed by atoms with Gasteiger partial charge < -0.3 is 9.47 Å². The van der Waals surface area contributed by atoms with Crippen LogP contribution < -0.4 is 14.2 Å². The molecule has 0 radical (unpaired) electrons. The Kier molecular flexibility index (Phi) is 6.68. The molecule has 0 bridgehead atoms. The van der Waals surface area contributed by atoms with E-state index in [0.717, 1.165) is 10.0 Å². The van der Waals surface area contributed by atoms with E-state index in [-0.39, 0.29) is 11.4 Å². The first-order chi connectivity index (χ1) is 11.4. The largest absolute Gasteiger partial charge is 0.493 e. The molecule has 0 aliphatic heterocycles. The molecule has 0 saturated carbocycles. The van der Waals surface area contributed by atoms with E-state index in [1.807, 2.05) is 6.92 Å². The molecule has 0 aliphatic rings. The van der Waals surface area contributed by atoms with Gasteiger partial charge in [0.15, 0.2) is 11.5 Å². The van der Waals surface area contributed by atoms with Gasteiger partial charge in [-0.1, -0.05) is 22.0 Å². The van der Waals surface area contributed by atoms with E-state index in [4.69, 9.17) is 9.47 Å². The van der Waals surface area contributed by atoms with Gasteiger partial charge in [-0.25, -0.2) is 13.1 Å². The van der Waals surface area contributed by atoms with Gasteiger partial charge in [-0.05, 0) is 58.7 Å². The summed E-state index contributed by atoms with van der Waals surface area (Å²) < 4.78 is 39.5. The predicted octanol–water partition coefficient (Wildman–Crippen LogP) is 4.10. The lowest BCUT2D eigenvalue weighted by atomic mass is 10.2. The van der Waals surface area contributed by atoms with E-state index in [0.29, 0.717) is 22.6 Å². The molecule has 24 heavy (non-hydrogen) atoms. The minimum Gasteiger partial charge on any atom is -0.493 e. The lowest BCUT2D eigenvalue weighted by Gasteiger charge is -2.12. The summed E-state index contributed by atoms with van der Waals surface area (Å²) in [6.45, 7) is 2.56. The zero-order valence-electron chi connectivity index (χ0n) is 13.2. The quantitative estimate of drug-likeness (QED) is 0.650. The van der Waals surface area contributed by atoms with Crippen LogP contribution >= 0.6 is 31.9 Å². The highest BCUT2D eigenvalue weighted by Crippen LogP contribution is 2.29. The van der Waals surface area contributed by atoms with Gasteiger partial charge in [-0.15, -0.1) is 0 Å². The minimum atomic E-state index is -3.64. The Bertz CT molecular complexity index is 825. The molecule has 2 aromatic rings. The van der Waals surface area contributed by atoms with E-state index in [2.05, 4.69) is 36.6 Å². The van der Waals surface area contributed by atoms with Crippen LogP contribution in [0.5, 0.6) is 11.5 Å². The van der Waals surface area contributed by atoms with Crippen LogP contribution in [0.1, 0.15) is 12.5 Å². The third kappa shape index (κ3) is 4.72. The Morgan fingerprint density at radius 2 is 1.83 bits per heavy atom. The van der Waals surface area contributed by atoms with E-state index in [1.165, 1.54) is 6.07 Å². The van der Waals surface area contributed by atoms with Crippen LogP contribution in [0.15, 0.2) is 50.2 Å². The fraction of sp³-hybridized carbons (Fsp3) is 0.250. The van der Waals surface area contributed by atoms with Crippen molar-refractivity contribution in [2.45, 2.75) is 18.4 Å². The maximum atomic E-state index is 12.4. The Morgan fingerprint density at radius 1 is 1.08 bits per heavy atom. The van der Waals surface area contributed by atoms with Crippen molar-refractivity contribution < 1.29 is 17.9 Å². The SMILES string of the molecule is CCOc1ccc(CNS(=O)(=O)c2ccc(Br)cc2Br)cc1OC. The maximum Gasteiger partial charge on any atom is 0.241 e. The maximum absolute atomic E-state index is 12.4. The van der Waals surface area contributed by atoms with Gasteiger partial charge in [0.25, 0.3) is 0 Å². The highest BCUT2D eigenvalue weighted by atomic mass is 79.9. The number of sulfonamides is 1. The number of hydrogen-bond acceptors (Lipinski definition) is 4. The molecule has 0 aromatic heterocycles. The number of ether oxygens (including phenoxy) is 2. The normalized spacial score (nSPS) is 11.3. The summed E-state index contributed by atoms with van der Waals surface area (Å²) in [5.41, 5.74) is 0.770. The molecule has 1 N–H and O–H groups in total. The second-order valence-electron chi connectivity index (χ2n) is 4.82. The predicted molar refractivity (Wildman–Crippen MR) is 100 cm³/mol. The molecule has 0 spiro atoms. The Morgan fingerprint density at radius 3 is 2.46 bits per heavy atom. The average Bonchev–Trinajstić information content (AvgIpc) is 2.53. The van der Waals surface area contributed by atoms with Crippen LogP contribution in [-0.4, -0.2) is 22.1 Å². The first-order valence-corrected chi connectivity index (χ1v) is 10.2. The summed E-state index contributed by atoms with van der Waals surface area (Å²) >= 11 is 6.58. The second kappa shape index (κ2) is 8.33. The molecule has 0 atom stereocenters. The van der Waals surface area contributed by atoms with E-state index in [9.17, 15) is 8.42 Å². The fourth-order valence-electron chi connectivity index (χ4n) is 2.05. The second-order valence-corrected chi connectivity index (χ2v) is 8.32. The molecule has 0 amide bonds. The number of rotatable bonds is 7. The number of methoxy groups -OCH3 is 1. The summed E-state index contributed by atoms with van der Waals surface area (Å²) in [6, 6.07) is 10.2. The molecule has 0 aliphatic carbocycles. The topological polar surface area (TPSA) is 64.6 Å². The van der Waals surface area contributed by atoms with Crippen molar-refractivity contribution in [2.24, 2.45) is 0 Å². The lowest BCUT2D eigenvalue weighted by Crippen LogP contribution is -2.23. The number of nitrogens with one attached hydrogen (secondary N) is 1. The zero-order chi connectivity index (χ0) is 17.7. The smallest absolute Gasteiger partial charge is 0.241 e. The van der Waals surface area contributed by atoms with Crippen molar-refractivity contribution in [2.75, 3.05) is 13.7 Å². The van der Waals surface area contributed by atoms with E-state index >= 15 is 0 Å². The Labute approximate surface area is 158 Å². The van der Waals surface area contributed by atoms with Gasteiger partial charge in [-0.2, -0.15) is 0 Å². The van der Waals surface area contributed by atoms with Crippen LogP contribution in [0, 0.1) is 0 Å². The van der Waals surface area contributed by atoms with Crippen molar-refractivity contribution in [3.63, 3.8) is 0 Å². The average molecular weight is 479 g/mol. The third-order valence-corrected chi connectivity index (χ3v) is 6.05. The van der Waals surface area contributed by atoms with Crippen LogP contribution in [-0.2, 0) is 16.6 Å². The van der Waals surface area contributed by atoms with Crippen molar-refractivity contribution in [3.8, 4) is 11.5 Å². The molecule has 2 aromatic carbocycles. The summed E-state index contributed by atoms with van der Waals surface area (Å²) in [5, 5.41) is 0.